The van der Waals surface area contributed by atoms with Crippen molar-refractivity contribution in [2.24, 2.45) is 0 Å². The molecule has 0 bridgehead atoms. The molecule has 0 spiro atoms. The SMILES string of the molecule is CNc1cc(CN2CCOCCOCCN(Cc3cccc(C(=O)O)n3)CCOCCOCC2)nc(C(=O)O)c1. The van der Waals surface area contributed by atoms with Crippen LogP contribution in [0, 0.1) is 0 Å². The predicted molar refractivity (Wildman–Crippen MR) is 146 cm³/mol. The first-order valence-corrected chi connectivity index (χ1v) is 13.3. The number of carboxylic acids is 2. The molecule has 13 nitrogen and oxygen atoms in total. The zero-order valence-electron chi connectivity index (χ0n) is 22.9. The highest BCUT2D eigenvalue weighted by Crippen LogP contribution is 2.13. The summed E-state index contributed by atoms with van der Waals surface area (Å²) in [5, 5.41) is 21.6. The summed E-state index contributed by atoms with van der Waals surface area (Å²) in [5.74, 6) is -2.12. The quantitative estimate of drug-likeness (QED) is 0.445. The number of aromatic nitrogens is 2. The van der Waals surface area contributed by atoms with Gasteiger partial charge in [0.15, 0.2) is 5.69 Å². The number of nitrogens with one attached hydrogen (secondary N) is 1. The number of ether oxygens (including phenoxy) is 4. The van der Waals surface area contributed by atoms with Gasteiger partial charge in [-0.2, -0.15) is 0 Å². The normalized spacial score (nSPS) is 17.9. The van der Waals surface area contributed by atoms with Gasteiger partial charge in [-0.15, -0.1) is 0 Å². The van der Waals surface area contributed by atoms with Crippen molar-refractivity contribution in [3.05, 3.63) is 53.1 Å². The fourth-order valence-electron chi connectivity index (χ4n) is 4.03. The number of anilines is 1. The van der Waals surface area contributed by atoms with Crippen LogP contribution in [0.2, 0.25) is 0 Å². The third-order valence-electron chi connectivity index (χ3n) is 6.13. The number of carbonyl (C=O) groups is 2. The molecular weight excluding hydrogens is 522 g/mol. The van der Waals surface area contributed by atoms with Crippen molar-refractivity contribution < 1.29 is 38.7 Å². The monoisotopic (exact) mass is 561 g/mol. The number of carboxylic acid groups (broad SMARTS) is 2. The Morgan fingerprint density at radius 3 is 1.68 bits per heavy atom. The molecule has 220 valence electrons. The summed E-state index contributed by atoms with van der Waals surface area (Å²) in [6.07, 6.45) is 0. The number of pyridine rings is 2. The molecular formula is C27H39N5O8. The van der Waals surface area contributed by atoms with Crippen LogP contribution in [-0.4, -0.2) is 128 Å². The average Bonchev–Trinajstić information content (AvgIpc) is 2.94. The van der Waals surface area contributed by atoms with E-state index in [2.05, 4.69) is 25.1 Å². The van der Waals surface area contributed by atoms with Crippen molar-refractivity contribution >= 4 is 17.6 Å². The van der Waals surface area contributed by atoms with E-state index in [-0.39, 0.29) is 11.4 Å². The minimum Gasteiger partial charge on any atom is -0.477 e. The minimum absolute atomic E-state index is 0.00588. The number of rotatable bonds is 7. The maximum atomic E-state index is 11.5. The lowest BCUT2D eigenvalue weighted by Crippen LogP contribution is -2.33. The molecule has 1 saturated heterocycles. The van der Waals surface area contributed by atoms with Gasteiger partial charge < -0.3 is 34.5 Å². The maximum absolute atomic E-state index is 11.5. The van der Waals surface area contributed by atoms with E-state index in [0.29, 0.717) is 109 Å². The molecule has 0 saturated carbocycles. The summed E-state index contributed by atoms with van der Waals surface area (Å²) in [6.45, 7) is 7.09. The van der Waals surface area contributed by atoms with Gasteiger partial charge in [-0.05, 0) is 24.3 Å². The van der Waals surface area contributed by atoms with Crippen molar-refractivity contribution in [3.63, 3.8) is 0 Å². The van der Waals surface area contributed by atoms with Crippen LogP contribution in [0.1, 0.15) is 32.4 Å². The fraction of sp³-hybridized carbons (Fsp3) is 0.556. The molecule has 2 aromatic rings. The molecule has 0 amide bonds. The Morgan fingerprint density at radius 1 is 0.725 bits per heavy atom. The summed E-state index contributed by atoms with van der Waals surface area (Å²) in [4.78, 5) is 35.4. The highest BCUT2D eigenvalue weighted by molar-refractivity contribution is 5.86. The molecule has 3 heterocycles. The smallest absolute Gasteiger partial charge is 0.354 e. The third-order valence-corrected chi connectivity index (χ3v) is 6.13. The van der Waals surface area contributed by atoms with Crippen LogP contribution in [0.4, 0.5) is 5.69 Å². The fourth-order valence-corrected chi connectivity index (χ4v) is 4.03. The number of hydrogen-bond donors (Lipinski definition) is 3. The number of nitrogens with zero attached hydrogens (tertiary/aromatic N) is 4. The lowest BCUT2D eigenvalue weighted by atomic mass is 10.2. The van der Waals surface area contributed by atoms with E-state index < -0.39 is 11.9 Å². The van der Waals surface area contributed by atoms with Crippen LogP contribution in [-0.2, 0) is 32.0 Å². The van der Waals surface area contributed by atoms with E-state index in [1.165, 1.54) is 12.1 Å². The highest BCUT2D eigenvalue weighted by atomic mass is 16.5. The van der Waals surface area contributed by atoms with Crippen LogP contribution in [0.5, 0.6) is 0 Å². The summed E-state index contributed by atoms with van der Waals surface area (Å²) < 4.78 is 23.1. The van der Waals surface area contributed by atoms with E-state index in [0.717, 1.165) is 0 Å². The van der Waals surface area contributed by atoms with Gasteiger partial charge in [0.25, 0.3) is 0 Å². The van der Waals surface area contributed by atoms with Gasteiger partial charge in [0, 0.05) is 52.0 Å². The van der Waals surface area contributed by atoms with E-state index in [1.807, 2.05) is 12.1 Å². The molecule has 3 rings (SSSR count). The first-order valence-electron chi connectivity index (χ1n) is 13.3. The largest absolute Gasteiger partial charge is 0.477 e. The van der Waals surface area contributed by atoms with Gasteiger partial charge in [0.05, 0.1) is 64.2 Å². The molecule has 1 aliphatic rings. The van der Waals surface area contributed by atoms with Crippen LogP contribution in [0.15, 0.2) is 30.3 Å². The lowest BCUT2D eigenvalue weighted by Gasteiger charge is -2.23. The topological polar surface area (TPSA) is 156 Å². The van der Waals surface area contributed by atoms with E-state index >= 15 is 0 Å². The Morgan fingerprint density at radius 2 is 1.20 bits per heavy atom. The minimum atomic E-state index is -1.07. The predicted octanol–water partition coefficient (Wildman–Crippen LogP) is 1.30. The van der Waals surface area contributed by atoms with E-state index in [9.17, 15) is 19.8 Å². The first kappa shape index (κ1) is 31.3. The van der Waals surface area contributed by atoms with Gasteiger partial charge in [-0.1, -0.05) is 6.07 Å². The zero-order chi connectivity index (χ0) is 28.6. The Hall–Kier alpha value is -3.20. The van der Waals surface area contributed by atoms with Gasteiger partial charge in [0.1, 0.15) is 5.69 Å². The van der Waals surface area contributed by atoms with Crippen LogP contribution >= 0.6 is 0 Å². The molecule has 0 aromatic carbocycles. The molecule has 13 heteroatoms. The summed E-state index contributed by atoms with van der Waals surface area (Å²) in [7, 11) is 1.74. The molecule has 0 aliphatic carbocycles. The Bertz CT molecular complexity index is 1050. The highest BCUT2D eigenvalue weighted by Gasteiger charge is 2.14. The molecule has 1 aliphatic heterocycles. The Labute approximate surface area is 234 Å². The van der Waals surface area contributed by atoms with Gasteiger partial charge in [-0.3, -0.25) is 9.80 Å². The third kappa shape index (κ3) is 11.5. The van der Waals surface area contributed by atoms with Crippen molar-refractivity contribution in [2.75, 3.05) is 91.4 Å². The molecule has 1 fully saturated rings. The van der Waals surface area contributed by atoms with E-state index in [4.69, 9.17) is 18.9 Å². The van der Waals surface area contributed by atoms with Crippen molar-refractivity contribution in [1.29, 1.82) is 0 Å². The second kappa shape index (κ2) is 17.5. The van der Waals surface area contributed by atoms with Gasteiger partial charge in [-0.25, -0.2) is 19.6 Å². The second-order valence-corrected chi connectivity index (χ2v) is 9.11. The molecule has 0 radical (unpaired) electrons. The Balaban J connectivity index is 1.51. The van der Waals surface area contributed by atoms with Crippen molar-refractivity contribution in [1.82, 2.24) is 19.8 Å². The van der Waals surface area contributed by atoms with Gasteiger partial charge in [0.2, 0.25) is 0 Å². The van der Waals surface area contributed by atoms with Crippen molar-refractivity contribution in [2.45, 2.75) is 13.1 Å². The Kier molecular flexibility index (Phi) is 13.7. The molecule has 0 unspecified atom stereocenters. The maximum Gasteiger partial charge on any atom is 0.354 e. The summed E-state index contributed by atoms with van der Waals surface area (Å²) >= 11 is 0. The van der Waals surface area contributed by atoms with Gasteiger partial charge >= 0.3 is 11.9 Å². The van der Waals surface area contributed by atoms with Crippen LogP contribution in [0.3, 0.4) is 0 Å². The molecule has 40 heavy (non-hydrogen) atoms. The second-order valence-electron chi connectivity index (χ2n) is 9.11. The standard InChI is InChI=1S/C27H39N5O8/c1-28-22-17-23(30-25(18-22)27(35)36)20-32-7-11-39-15-13-37-9-5-31(6-10-38-14-16-40-12-8-32)19-21-3-2-4-24(29-21)26(33)34/h2-4,17-18H,5-16,19-20H2,1H3,(H,28,30)(H,33,34)(H,35,36). The number of hydrogen-bond acceptors (Lipinski definition) is 11. The molecule has 3 N–H and O–H groups in total. The first-order chi connectivity index (χ1) is 19.4. The van der Waals surface area contributed by atoms with Crippen LogP contribution in [0.25, 0.3) is 0 Å². The zero-order valence-corrected chi connectivity index (χ0v) is 22.9. The summed E-state index contributed by atoms with van der Waals surface area (Å²) in [5.41, 5.74) is 2.02. The van der Waals surface area contributed by atoms with E-state index in [1.54, 1.807) is 13.1 Å². The average molecular weight is 562 g/mol. The summed E-state index contributed by atoms with van der Waals surface area (Å²) in [6, 6.07) is 8.32. The molecule has 2 aromatic heterocycles. The van der Waals surface area contributed by atoms with Crippen molar-refractivity contribution in [3.8, 4) is 0 Å². The molecule has 0 atom stereocenters. The van der Waals surface area contributed by atoms with Crippen LogP contribution < -0.4 is 5.32 Å². The number of aromatic carboxylic acids is 2. The lowest BCUT2D eigenvalue weighted by molar-refractivity contribution is 0.00597.